The minimum Gasteiger partial charge on any atom is -0.481 e. The molecule has 0 aliphatic heterocycles. The highest BCUT2D eigenvalue weighted by molar-refractivity contribution is 5.76. The highest BCUT2D eigenvalue weighted by atomic mass is 19.1. The Bertz CT molecular complexity index is 392. The van der Waals surface area contributed by atoms with Crippen molar-refractivity contribution in [2.24, 2.45) is 0 Å². The maximum atomic E-state index is 12.8. The summed E-state index contributed by atoms with van der Waals surface area (Å²) in [7, 11) is 0. The molecule has 18 heavy (non-hydrogen) atoms. The minimum absolute atomic E-state index is 0.286. The Balaban J connectivity index is 2.66. The number of carboxylic acid groups (broad SMARTS) is 1. The Kier molecular flexibility index (Phi) is 4.84. The number of ether oxygens (including phenoxy) is 1. The molecule has 1 rings (SSSR count). The summed E-state index contributed by atoms with van der Waals surface area (Å²) in [4.78, 5) is 11.2. The summed E-state index contributed by atoms with van der Waals surface area (Å²) >= 11 is 0. The third-order valence-electron chi connectivity index (χ3n) is 2.51. The van der Waals surface area contributed by atoms with E-state index in [4.69, 9.17) is 4.74 Å². The third-order valence-corrected chi connectivity index (χ3v) is 2.51. The molecule has 0 heterocycles. The van der Waals surface area contributed by atoms with Crippen molar-refractivity contribution in [2.75, 3.05) is 6.61 Å². The summed E-state index contributed by atoms with van der Waals surface area (Å²) in [5.41, 5.74) is 0.313. The van der Waals surface area contributed by atoms with Crippen molar-refractivity contribution in [1.29, 1.82) is 0 Å². The van der Waals surface area contributed by atoms with Crippen LogP contribution in [0.5, 0.6) is 0 Å². The van der Waals surface area contributed by atoms with E-state index in [2.05, 4.69) is 0 Å². The van der Waals surface area contributed by atoms with Crippen LogP contribution in [0.3, 0.4) is 0 Å². The summed E-state index contributed by atoms with van der Waals surface area (Å²) in [6.07, 6.45) is 0.373. The van der Waals surface area contributed by atoms with E-state index in [9.17, 15) is 14.3 Å². The average molecular weight is 254 g/mol. The minimum atomic E-state index is -0.917. The molecule has 0 bridgehead atoms. The molecule has 1 aromatic carbocycles. The highest BCUT2D eigenvalue weighted by Crippen LogP contribution is 2.21. The maximum Gasteiger partial charge on any atom is 0.311 e. The molecule has 1 atom stereocenters. The van der Waals surface area contributed by atoms with Gasteiger partial charge in [0, 0.05) is 6.61 Å². The van der Waals surface area contributed by atoms with Gasteiger partial charge in [-0.1, -0.05) is 12.1 Å². The smallest absolute Gasteiger partial charge is 0.311 e. The number of halogens is 1. The first kappa shape index (κ1) is 14.6. The van der Waals surface area contributed by atoms with Crippen molar-refractivity contribution < 1.29 is 19.0 Å². The molecule has 0 aliphatic carbocycles. The summed E-state index contributed by atoms with van der Waals surface area (Å²) in [5.74, 6) is -1.94. The van der Waals surface area contributed by atoms with Crippen LogP contribution in [-0.4, -0.2) is 23.3 Å². The summed E-state index contributed by atoms with van der Waals surface area (Å²) in [6.45, 7) is 6.11. The molecule has 0 aliphatic rings. The topological polar surface area (TPSA) is 46.5 Å². The lowest BCUT2D eigenvalue weighted by Gasteiger charge is -2.21. The van der Waals surface area contributed by atoms with E-state index in [1.807, 2.05) is 20.8 Å². The second kappa shape index (κ2) is 5.96. The molecule has 0 fully saturated rings. The fraction of sp³-hybridized carbons (Fsp3) is 0.500. The molecule has 3 nitrogen and oxygen atoms in total. The number of carboxylic acids is 1. The van der Waals surface area contributed by atoms with Crippen molar-refractivity contribution in [3.05, 3.63) is 35.6 Å². The Morgan fingerprint density at radius 3 is 2.33 bits per heavy atom. The fourth-order valence-electron chi connectivity index (χ4n) is 1.61. The van der Waals surface area contributed by atoms with Gasteiger partial charge >= 0.3 is 5.97 Å². The van der Waals surface area contributed by atoms with E-state index >= 15 is 0 Å². The van der Waals surface area contributed by atoms with Crippen LogP contribution in [0, 0.1) is 5.82 Å². The van der Waals surface area contributed by atoms with Gasteiger partial charge < -0.3 is 9.84 Å². The van der Waals surface area contributed by atoms with E-state index in [0.29, 0.717) is 18.6 Å². The van der Waals surface area contributed by atoms with Crippen LogP contribution in [0.1, 0.15) is 38.7 Å². The lowest BCUT2D eigenvalue weighted by Crippen LogP contribution is -2.22. The normalized spacial score (nSPS) is 13.3. The van der Waals surface area contributed by atoms with Crippen LogP contribution >= 0.6 is 0 Å². The number of rotatable bonds is 5. The van der Waals surface area contributed by atoms with Gasteiger partial charge in [0.2, 0.25) is 0 Å². The van der Waals surface area contributed by atoms with Gasteiger partial charge in [0.1, 0.15) is 5.82 Å². The molecule has 0 radical (unpaired) electrons. The van der Waals surface area contributed by atoms with Gasteiger partial charge in [-0.2, -0.15) is 0 Å². The van der Waals surface area contributed by atoms with Gasteiger partial charge in [0.05, 0.1) is 11.5 Å². The molecule has 0 saturated heterocycles. The summed E-state index contributed by atoms with van der Waals surface area (Å²) in [5, 5.41) is 9.18. The van der Waals surface area contributed by atoms with E-state index in [1.54, 1.807) is 0 Å². The van der Waals surface area contributed by atoms with Crippen molar-refractivity contribution in [1.82, 2.24) is 0 Å². The predicted molar refractivity (Wildman–Crippen MR) is 67.1 cm³/mol. The molecular weight excluding hydrogens is 235 g/mol. The summed E-state index contributed by atoms with van der Waals surface area (Å²) in [6, 6.07) is 5.56. The monoisotopic (exact) mass is 254 g/mol. The zero-order valence-corrected chi connectivity index (χ0v) is 10.9. The highest BCUT2D eigenvalue weighted by Gasteiger charge is 2.21. The average Bonchev–Trinajstić information content (AvgIpc) is 2.24. The second-order valence-corrected chi connectivity index (χ2v) is 5.19. The SMILES string of the molecule is CC(C)(C)OCCC(C(=O)O)c1ccc(F)cc1. The number of hydrogen-bond donors (Lipinski definition) is 1. The first-order chi connectivity index (χ1) is 8.29. The van der Waals surface area contributed by atoms with Gasteiger partial charge in [0.15, 0.2) is 0 Å². The van der Waals surface area contributed by atoms with Crippen molar-refractivity contribution in [2.45, 2.75) is 38.7 Å². The van der Waals surface area contributed by atoms with E-state index < -0.39 is 11.9 Å². The largest absolute Gasteiger partial charge is 0.481 e. The van der Waals surface area contributed by atoms with Gasteiger partial charge in [0.25, 0.3) is 0 Å². The first-order valence-corrected chi connectivity index (χ1v) is 5.92. The van der Waals surface area contributed by atoms with Crippen LogP contribution in [0.25, 0.3) is 0 Å². The molecule has 0 aromatic heterocycles. The number of benzene rings is 1. The quantitative estimate of drug-likeness (QED) is 0.877. The Hall–Kier alpha value is -1.42. The van der Waals surface area contributed by atoms with Crippen LogP contribution in [0.2, 0.25) is 0 Å². The van der Waals surface area contributed by atoms with Gasteiger partial charge in [-0.25, -0.2) is 4.39 Å². The van der Waals surface area contributed by atoms with Crippen molar-refractivity contribution in [3.8, 4) is 0 Å². The number of aliphatic carboxylic acids is 1. The van der Waals surface area contributed by atoms with E-state index in [1.165, 1.54) is 24.3 Å². The molecule has 100 valence electrons. The van der Waals surface area contributed by atoms with Crippen LogP contribution in [-0.2, 0) is 9.53 Å². The second-order valence-electron chi connectivity index (χ2n) is 5.19. The van der Waals surface area contributed by atoms with Crippen molar-refractivity contribution in [3.63, 3.8) is 0 Å². The molecule has 0 saturated carbocycles. The standard InChI is InChI=1S/C14H19FO3/c1-14(2,3)18-9-8-12(13(16)17)10-4-6-11(15)7-5-10/h4-7,12H,8-9H2,1-3H3,(H,16,17). The number of carbonyl (C=O) groups is 1. The van der Waals surface area contributed by atoms with Crippen LogP contribution in [0.4, 0.5) is 4.39 Å². The van der Waals surface area contributed by atoms with Crippen LogP contribution < -0.4 is 0 Å². The van der Waals surface area contributed by atoms with Gasteiger partial charge in [-0.3, -0.25) is 4.79 Å². The van der Waals surface area contributed by atoms with Gasteiger partial charge in [-0.05, 0) is 44.9 Å². The third kappa shape index (κ3) is 4.84. The van der Waals surface area contributed by atoms with E-state index in [0.717, 1.165) is 0 Å². The van der Waals surface area contributed by atoms with Gasteiger partial charge in [-0.15, -0.1) is 0 Å². The Morgan fingerprint density at radius 1 is 1.33 bits per heavy atom. The molecule has 0 amide bonds. The van der Waals surface area contributed by atoms with E-state index in [-0.39, 0.29) is 11.4 Å². The molecule has 4 heteroatoms. The summed E-state index contributed by atoms with van der Waals surface area (Å²) < 4.78 is 18.3. The Labute approximate surface area is 107 Å². The first-order valence-electron chi connectivity index (χ1n) is 5.92. The lowest BCUT2D eigenvalue weighted by molar-refractivity contribution is -0.139. The molecular formula is C14H19FO3. The molecule has 0 spiro atoms. The predicted octanol–water partition coefficient (Wildman–Crippen LogP) is 3.20. The van der Waals surface area contributed by atoms with Crippen molar-refractivity contribution >= 4 is 5.97 Å². The lowest BCUT2D eigenvalue weighted by atomic mass is 9.96. The maximum absolute atomic E-state index is 12.8. The zero-order chi connectivity index (χ0) is 13.8. The Morgan fingerprint density at radius 2 is 1.89 bits per heavy atom. The van der Waals surface area contributed by atoms with Crippen LogP contribution in [0.15, 0.2) is 24.3 Å². The molecule has 1 aromatic rings. The molecule has 1 N–H and O–H groups in total. The zero-order valence-electron chi connectivity index (χ0n) is 10.9. The molecule has 1 unspecified atom stereocenters. The fourth-order valence-corrected chi connectivity index (χ4v) is 1.61. The number of hydrogen-bond acceptors (Lipinski definition) is 2.